The molecule has 0 amide bonds. The molecule has 0 fully saturated rings. The third-order valence-electron chi connectivity index (χ3n) is 1.30. The molecule has 0 spiro atoms. The normalized spacial score (nSPS) is 8.45. The Labute approximate surface area is 65.2 Å². The van der Waals surface area contributed by atoms with Crippen molar-refractivity contribution in [2.75, 3.05) is 12.1 Å². The van der Waals surface area contributed by atoms with Crippen LogP contribution in [0.25, 0.3) is 0 Å². The van der Waals surface area contributed by atoms with Crippen LogP contribution in [0.2, 0.25) is 0 Å². The number of pyridine rings is 1. The summed E-state index contributed by atoms with van der Waals surface area (Å²) in [4.78, 5) is 9.95. The summed E-state index contributed by atoms with van der Waals surface area (Å²) in [5.41, 5.74) is 0. The Bertz CT molecular complexity index is 265. The van der Waals surface area contributed by atoms with Crippen molar-refractivity contribution >= 4 is 5.94 Å². The second-order valence-corrected chi connectivity index (χ2v) is 2.08. The number of hydrogen-bond donors (Lipinski definition) is 0. The molecule has 11 heavy (non-hydrogen) atoms. The molecule has 1 aromatic heterocycles. The van der Waals surface area contributed by atoms with Gasteiger partial charge in [0.05, 0.1) is 7.05 Å². The molecule has 0 saturated carbocycles. The Morgan fingerprint density at radius 3 is 2.55 bits per heavy atom. The average Bonchev–Trinajstić information content (AvgIpc) is 2.07. The summed E-state index contributed by atoms with van der Waals surface area (Å²) in [6.45, 7) is 0. The minimum Gasteiger partial charge on any atom is -0.232 e. The monoisotopic (exact) mass is 149 g/mol. The summed E-state index contributed by atoms with van der Waals surface area (Å²) < 4.78 is 1.77. The largest absolute Gasteiger partial charge is 0.232 e. The van der Waals surface area contributed by atoms with E-state index in [1.54, 1.807) is 22.7 Å². The summed E-state index contributed by atoms with van der Waals surface area (Å²) in [6.07, 6.45) is 5.00. The van der Waals surface area contributed by atoms with E-state index in [1.807, 2.05) is 30.6 Å². The predicted octanol–water partition coefficient (Wildman–Crippen LogP) is -0.113. The fourth-order valence-corrected chi connectivity index (χ4v) is 0.743. The summed E-state index contributed by atoms with van der Waals surface area (Å²) in [5, 5.41) is 1.63. The molecule has 0 aliphatic heterocycles. The van der Waals surface area contributed by atoms with E-state index >= 15 is 0 Å². The zero-order chi connectivity index (χ0) is 8.10. The van der Waals surface area contributed by atoms with Crippen molar-refractivity contribution in [3.63, 3.8) is 0 Å². The van der Waals surface area contributed by atoms with Crippen molar-refractivity contribution in [2.45, 2.75) is 0 Å². The van der Waals surface area contributed by atoms with Crippen molar-refractivity contribution in [1.82, 2.24) is 0 Å². The van der Waals surface area contributed by atoms with Crippen LogP contribution in [-0.2, 0) is 4.79 Å². The second-order valence-electron chi connectivity index (χ2n) is 2.08. The van der Waals surface area contributed by atoms with Crippen molar-refractivity contribution in [1.29, 1.82) is 0 Å². The van der Waals surface area contributed by atoms with Crippen LogP contribution < -0.4 is 9.69 Å². The maximum absolute atomic E-state index is 9.95. The molecule has 3 nitrogen and oxygen atoms in total. The van der Waals surface area contributed by atoms with E-state index in [0.717, 1.165) is 0 Å². The van der Waals surface area contributed by atoms with E-state index < -0.39 is 0 Å². The van der Waals surface area contributed by atoms with Crippen LogP contribution in [0.5, 0.6) is 0 Å². The molecule has 0 aromatic carbocycles. The maximum atomic E-state index is 9.95. The van der Waals surface area contributed by atoms with Crippen LogP contribution in [0.3, 0.4) is 0 Å². The van der Waals surface area contributed by atoms with Gasteiger partial charge in [0, 0.05) is 12.1 Å². The van der Waals surface area contributed by atoms with Crippen LogP contribution in [0.1, 0.15) is 0 Å². The lowest BCUT2D eigenvalue weighted by molar-refractivity contribution is -0.682. The van der Waals surface area contributed by atoms with Crippen LogP contribution in [-0.4, -0.2) is 13.0 Å². The Morgan fingerprint density at radius 1 is 1.36 bits per heavy atom. The second kappa shape index (κ2) is 3.54. The molecule has 3 heteroatoms. The highest BCUT2D eigenvalue weighted by Crippen LogP contribution is 1.77. The lowest BCUT2D eigenvalue weighted by Gasteiger charge is -2.02. The first kappa shape index (κ1) is 7.51. The van der Waals surface area contributed by atoms with Gasteiger partial charge in [-0.3, -0.25) is 0 Å². The molecule has 1 rings (SSSR count). The Morgan fingerprint density at radius 2 is 2.00 bits per heavy atom. The fraction of sp³-hybridized carbons (Fsp3) is 0.125. The van der Waals surface area contributed by atoms with E-state index in [2.05, 4.69) is 0 Å². The van der Waals surface area contributed by atoms with Gasteiger partial charge in [-0.2, -0.15) is 0 Å². The zero-order valence-electron chi connectivity index (χ0n) is 6.27. The van der Waals surface area contributed by atoms with Crippen molar-refractivity contribution in [3.05, 3.63) is 36.8 Å². The smallest absolute Gasteiger partial charge is 0.200 e. The molecule has 0 atom stereocenters. The summed E-state index contributed by atoms with van der Waals surface area (Å²) in [5.74, 6) is 1.70. The molecule has 0 N–H and O–H groups in total. The van der Waals surface area contributed by atoms with Gasteiger partial charge in [-0.15, -0.1) is 5.01 Å². The highest BCUT2D eigenvalue weighted by molar-refractivity contribution is 5.46. The Hall–Kier alpha value is -1.60. The van der Waals surface area contributed by atoms with Gasteiger partial charge >= 0.3 is 0 Å². The minimum atomic E-state index is 1.32. The first-order valence-corrected chi connectivity index (χ1v) is 3.25. The zero-order valence-corrected chi connectivity index (χ0v) is 6.27. The molecule has 0 radical (unpaired) electrons. The van der Waals surface area contributed by atoms with Gasteiger partial charge < -0.3 is 0 Å². The van der Waals surface area contributed by atoms with Crippen LogP contribution in [0.4, 0.5) is 0 Å². The Balaban J connectivity index is 2.84. The third-order valence-corrected chi connectivity index (χ3v) is 1.30. The summed E-state index contributed by atoms with van der Waals surface area (Å²) >= 11 is 0. The van der Waals surface area contributed by atoms with Gasteiger partial charge in [-0.25, -0.2) is 4.79 Å². The first-order chi connectivity index (χ1) is 5.34. The average molecular weight is 149 g/mol. The lowest BCUT2D eigenvalue weighted by Crippen LogP contribution is -2.51. The molecule has 0 aliphatic rings. The van der Waals surface area contributed by atoms with Gasteiger partial charge in [0.15, 0.2) is 12.4 Å². The molecule has 1 aromatic rings. The minimum absolute atomic E-state index is 1.32. The van der Waals surface area contributed by atoms with Crippen molar-refractivity contribution < 1.29 is 9.47 Å². The summed E-state index contributed by atoms with van der Waals surface area (Å²) in [7, 11) is 1.77. The molecule has 0 unspecified atom stereocenters. The van der Waals surface area contributed by atoms with Gasteiger partial charge in [-0.05, 0) is 0 Å². The lowest BCUT2D eigenvalue weighted by atomic mass is 10.5. The van der Waals surface area contributed by atoms with Gasteiger partial charge in [0.1, 0.15) is 12.1 Å². The van der Waals surface area contributed by atoms with Crippen molar-refractivity contribution in [2.24, 2.45) is 0 Å². The number of hydrogen-bond acceptors (Lipinski definition) is 2. The fourth-order valence-electron chi connectivity index (χ4n) is 0.743. The van der Waals surface area contributed by atoms with E-state index in [9.17, 15) is 4.79 Å². The van der Waals surface area contributed by atoms with Gasteiger partial charge in [0.2, 0.25) is 0 Å². The number of carbonyl (C=O) groups excluding carboxylic acids is 1. The van der Waals surface area contributed by atoms with Crippen LogP contribution in [0, 0.1) is 0 Å². The van der Waals surface area contributed by atoms with Gasteiger partial charge in [-0.1, -0.05) is 10.7 Å². The first-order valence-electron chi connectivity index (χ1n) is 3.25. The van der Waals surface area contributed by atoms with Gasteiger partial charge in [0.25, 0.3) is 0 Å². The molecule has 56 valence electrons. The predicted molar refractivity (Wildman–Crippen MR) is 41.0 cm³/mol. The number of aromatic nitrogens is 1. The third kappa shape index (κ3) is 1.92. The molecular weight excluding hydrogens is 140 g/mol. The highest BCUT2D eigenvalue weighted by Gasteiger charge is 1.99. The molecule has 0 aliphatic carbocycles. The number of nitrogens with zero attached hydrogens (tertiary/aromatic N) is 2. The van der Waals surface area contributed by atoms with Crippen LogP contribution >= 0.6 is 0 Å². The van der Waals surface area contributed by atoms with E-state index in [1.165, 1.54) is 6.20 Å². The molecule has 1 heterocycles. The molecular formula is C8H9N2O+. The van der Waals surface area contributed by atoms with Crippen LogP contribution in [0.15, 0.2) is 36.8 Å². The maximum Gasteiger partial charge on any atom is 0.200 e. The molecule has 0 saturated heterocycles. The molecule has 0 bridgehead atoms. The van der Waals surface area contributed by atoms with E-state index in [-0.39, 0.29) is 0 Å². The van der Waals surface area contributed by atoms with E-state index in [4.69, 9.17) is 0 Å². The standard InChI is InChI=1S/C8H9N2O/c1-9(7-8-11)10-5-3-2-4-6-10/h2-7H,1H3/q+1. The van der Waals surface area contributed by atoms with E-state index in [0.29, 0.717) is 0 Å². The highest BCUT2D eigenvalue weighted by atomic mass is 16.1. The topological polar surface area (TPSA) is 24.2 Å². The quantitative estimate of drug-likeness (QED) is 0.432. The summed E-state index contributed by atoms with van der Waals surface area (Å²) in [6, 6.07) is 5.68. The number of rotatable bonds is 2. The Kier molecular flexibility index (Phi) is 2.42. The van der Waals surface area contributed by atoms with Crippen molar-refractivity contribution in [3.8, 4) is 0 Å². The SMILES string of the molecule is CN(C=C=O)[n+]1ccccc1.